The summed E-state index contributed by atoms with van der Waals surface area (Å²) >= 11 is 0. The van der Waals surface area contributed by atoms with E-state index in [1.165, 1.54) is 12.8 Å². The van der Waals surface area contributed by atoms with E-state index in [1.54, 1.807) is 0 Å². The van der Waals surface area contributed by atoms with Crippen LogP contribution in [-0.4, -0.2) is 67.6 Å². The molecule has 2 fully saturated rings. The van der Waals surface area contributed by atoms with Gasteiger partial charge in [-0.05, 0) is 31.8 Å². The van der Waals surface area contributed by atoms with Crippen LogP contribution in [0.2, 0.25) is 0 Å². The summed E-state index contributed by atoms with van der Waals surface area (Å²) < 4.78 is 0. The van der Waals surface area contributed by atoms with Crippen LogP contribution >= 0.6 is 24.8 Å². The van der Waals surface area contributed by atoms with E-state index in [9.17, 15) is 4.79 Å². The van der Waals surface area contributed by atoms with Crippen LogP contribution in [0.25, 0.3) is 0 Å². The quantitative estimate of drug-likeness (QED) is 0.749. The molecule has 0 radical (unpaired) electrons. The minimum absolute atomic E-state index is 0. The van der Waals surface area contributed by atoms with Gasteiger partial charge in [-0.25, -0.2) is 0 Å². The molecule has 7 heteroatoms. The molecule has 2 aliphatic rings. The summed E-state index contributed by atoms with van der Waals surface area (Å²) in [6, 6.07) is 0.324. The first-order valence-corrected chi connectivity index (χ1v) is 8.17. The largest absolute Gasteiger partial charge is 0.353 e. The van der Waals surface area contributed by atoms with Crippen LogP contribution in [0.5, 0.6) is 0 Å². The van der Waals surface area contributed by atoms with E-state index >= 15 is 0 Å². The molecule has 132 valence electrons. The fourth-order valence-electron chi connectivity index (χ4n) is 3.38. The minimum Gasteiger partial charge on any atom is -0.353 e. The summed E-state index contributed by atoms with van der Waals surface area (Å²) in [6.07, 6.45) is 4.09. The first-order valence-electron chi connectivity index (χ1n) is 8.17. The van der Waals surface area contributed by atoms with Gasteiger partial charge < -0.3 is 20.9 Å². The fourth-order valence-corrected chi connectivity index (χ4v) is 3.38. The summed E-state index contributed by atoms with van der Waals surface area (Å²) in [5.74, 6) is 0.695. The van der Waals surface area contributed by atoms with Crippen molar-refractivity contribution in [1.29, 1.82) is 0 Å². The van der Waals surface area contributed by atoms with E-state index < -0.39 is 0 Å². The van der Waals surface area contributed by atoms with Crippen molar-refractivity contribution in [3.63, 3.8) is 0 Å². The van der Waals surface area contributed by atoms with Gasteiger partial charge in [0.25, 0.3) is 0 Å². The maximum atomic E-state index is 12.0. The van der Waals surface area contributed by atoms with Gasteiger partial charge in [0.2, 0.25) is 5.91 Å². The van der Waals surface area contributed by atoms with Gasteiger partial charge in [-0.3, -0.25) is 4.79 Å². The molecule has 0 bridgehead atoms. The van der Waals surface area contributed by atoms with Gasteiger partial charge in [0.15, 0.2) is 0 Å². The van der Waals surface area contributed by atoms with Gasteiger partial charge in [0.1, 0.15) is 0 Å². The standard InChI is InChI=1S/C15H30N4O.2ClH/c1-2-18-8-10-19(11-9-18)7-6-15(20)17-14-5-3-4-13(14)12-16;;/h13-14H,2-12,16H2,1H3,(H,17,20);2*1H. The van der Waals surface area contributed by atoms with Crippen molar-refractivity contribution in [2.24, 2.45) is 11.7 Å². The normalized spacial score (nSPS) is 26.1. The van der Waals surface area contributed by atoms with Crippen molar-refractivity contribution in [3.8, 4) is 0 Å². The Kier molecular flexibility index (Phi) is 11.4. The molecule has 1 amide bonds. The molecule has 0 aromatic heterocycles. The zero-order valence-electron chi connectivity index (χ0n) is 13.6. The van der Waals surface area contributed by atoms with Crippen molar-refractivity contribution < 1.29 is 4.79 Å². The molecular formula is C15H32Cl2N4O. The third-order valence-electron chi connectivity index (χ3n) is 4.88. The summed E-state index contributed by atoms with van der Waals surface area (Å²) in [4.78, 5) is 16.9. The highest BCUT2D eigenvalue weighted by Gasteiger charge is 2.27. The molecule has 3 N–H and O–H groups in total. The van der Waals surface area contributed by atoms with E-state index in [0.717, 1.165) is 45.7 Å². The van der Waals surface area contributed by atoms with Crippen molar-refractivity contribution in [2.45, 2.75) is 38.6 Å². The fraction of sp³-hybridized carbons (Fsp3) is 0.933. The van der Waals surface area contributed by atoms with Crippen LogP contribution in [0, 0.1) is 5.92 Å². The molecule has 1 heterocycles. The lowest BCUT2D eigenvalue weighted by Crippen LogP contribution is -2.47. The van der Waals surface area contributed by atoms with Crippen molar-refractivity contribution in [2.75, 3.05) is 45.8 Å². The van der Waals surface area contributed by atoms with Gasteiger partial charge in [-0.1, -0.05) is 13.3 Å². The zero-order chi connectivity index (χ0) is 14.4. The number of amides is 1. The van der Waals surface area contributed by atoms with Gasteiger partial charge in [0.05, 0.1) is 0 Å². The van der Waals surface area contributed by atoms with Crippen molar-refractivity contribution in [1.82, 2.24) is 15.1 Å². The van der Waals surface area contributed by atoms with Gasteiger partial charge in [-0.2, -0.15) is 0 Å². The van der Waals surface area contributed by atoms with Crippen LogP contribution in [0.3, 0.4) is 0 Å². The van der Waals surface area contributed by atoms with Gasteiger partial charge >= 0.3 is 0 Å². The summed E-state index contributed by atoms with van der Waals surface area (Å²) in [6.45, 7) is 9.39. The first kappa shape index (κ1) is 21.9. The van der Waals surface area contributed by atoms with Gasteiger partial charge in [0, 0.05) is 45.2 Å². The summed E-state index contributed by atoms with van der Waals surface area (Å²) in [5, 5.41) is 3.18. The molecule has 0 aromatic rings. The molecule has 1 saturated carbocycles. The second-order valence-corrected chi connectivity index (χ2v) is 6.13. The second-order valence-electron chi connectivity index (χ2n) is 6.13. The number of hydrogen-bond acceptors (Lipinski definition) is 4. The third kappa shape index (κ3) is 6.59. The Morgan fingerprint density at radius 1 is 1.14 bits per heavy atom. The molecule has 0 spiro atoms. The topological polar surface area (TPSA) is 61.6 Å². The minimum atomic E-state index is 0. The Hall–Kier alpha value is -0.0700. The highest BCUT2D eigenvalue weighted by Crippen LogP contribution is 2.24. The molecule has 1 saturated heterocycles. The summed E-state index contributed by atoms with van der Waals surface area (Å²) in [7, 11) is 0. The molecule has 1 aliphatic carbocycles. The number of hydrogen-bond donors (Lipinski definition) is 2. The molecule has 0 aromatic carbocycles. The Morgan fingerprint density at radius 3 is 2.36 bits per heavy atom. The van der Waals surface area contributed by atoms with Crippen molar-refractivity contribution >= 4 is 30.7 Å². The van der Waals surface area contributed by atoms with Crippen LogP contribution in [0.4, 0.5) is 0 Å². The average molecular weight is 355 g/mol. The Bertz CT molecular complexity index is 312. The van der Waals surface area contributed by atoms with E-state index in [4.69, 9.17) is 5.73 Å². The predicted octanol–water partition coefficient (Wildman–Crippen LogP) is 1.10. The highest BCUT2D eigenvalue weighted by molar-refractivity contribution is 5.85. The maximum Gasteiger partial charge on any atom is 0.221 e. The number of rotatable bonds is 6. The number of piperazine rings is 1. The first-order chi connectivity index (χ1) is 9.72. The highest BCUT2D eigenvalue weighted by atomic mass is 35.5. The van der Waals surface area contributed by atoms with Gasteiger partial charge in [-0.15, -0.1) is 24.8 Å². The number of carbonyl (C=O) groups is 1. The van der Waals surface area contributed by atoms with E-state index in [1.807, 2.05) is 0 Å². The molecule has 1 aliphatic heterocycles. The average Bonchev–Trinajstić information content (AvgIpc) is 2.92. The predicted molar refractivity (Wildman–Crippen MR) is 96.0 cm³/mol. The smallest absolute Gasteiger partial charge is 0.221 e. The molecule has 5 nitrogen and oxygen atoms in total. The molecule has 2 unspecified atom stereocenters. The summed E-state index contributed by atoms with van der Waals surface area (Å²) in [5.41, 5.74) is 5.75. The van der Waals surface area contributed by atoms with Crippen molar-refractivity contribution in [3.05, 3.63) is 0 Å². The number of halogens is 2. The molecule has 2 rings (SSSR count). The Balaban J connectivity index is 0.00000220. The van der Waals surface area contributed by atoms with E-state index in [0.29, 0.717) is 24.9 Å². The number of nitrogens with two attached hydrogens (primary N) is 1. The number of carbonyl (C=O) groups excluding carboxylic acids is 1. The van der Waals surface area contributed by atoms with E-state index in [-0.39, 0.29) is 30.7 Å². The number of nitrogens with one attached hydrogen (secondary N) is 1. The lowest BCUT2D eigenvalue weighted by molar-refractivity contribution is -0.122. The van der Waals surface area contributed by atoms with Crippen LogP contribution < -0.4 is 11.1 Å². The van der Waals surface area contributed by atoms with Crippen LogP contribution in [-0.2, 0) is 4.79 Å². The number of nitrogens with zero attached hydrogens (tertiary/aromatic N) is 2. The monoisotopic (exact) mass is 354 g/mol. The Labute approximate surface area is 147 Å². The molecule has 22 heavy (non-hydrogen) atoms. The number of likely N-dealkylation sites (N-methyl/N-ethyl adjacent to an activating group) is 1. The molecule has 2 atom stereocenters. The molecular weight excluding hydrogens is 323 g/mol. The third-order valence-corrected chi connectivity index (χ3v) is 4.88. The van der Waals surface area contributed by atoms with Crippen LogP contribution in [0.15, 0.2) is 0 Å². The zero-order valence-corrected chi connectivity index (χ0v) is 15.3. The second kappa shape index (κ2) is 11.5. The lowest BCUT2D eigenvalue weighted by Gasteiger charge is -2.33. The Morgan fingerprint density at radius 2 is 1.77 bits per heavy atom. The van der Waals surface area contributed by atoms with Crippen LogP contribution in [0.1, 0.15) is 32.6 Å². The van der Waals surface area contributed by atoms with E-state index in [2.05, 4.69) is 22.0 Å². The lowest BCUT2D eigenvalue weighted by atomic mass is 10.0. The SMILES string of the molecule is CCN1CCN(CCC(=O)NC2CCCC2CN)CC1.Cl.Cl. The maximum absolute atomic E-state index is 12.0.